The summed E-state index contributed by atoms with van der Waals surface area (Å²) in [5.41, 5.74) is 0.240. The zero-order valence-electron chi connectivity index (χ0n) is 15.1. The van der Waals surface area contributed by atoms with E-state index in [1.165, 1.54) is 38.5 Å². The highest BCUT2D eigenvalue weighted by Gasteiger charge is 2.30. The van der Waals surface area contributed by atoms with E-state index in [0.717, 1.165) is 17.7 Å². The van der Waals surface area contributed by atoms with Gasteiger partial charge in [-0.1, -0.05) is 12.1 Å². The second-order valence-corrected chi connectivity index (χ2v) is 5.79. The van der Waals surface area contributed by atoms with Gasteiger partial charge in [0.1, 0.15) is 11.5 Å². The number of methoxy groups -OCH3 is 2. The average molecular weight is 379 g/mol. The number of nitrogens with one attached hydrogen (secondary N) is 1. The largest absolute Gasteiger partial charge is 0.497 e. The number of hydrogen-bond donors (Lipinski definition) is 1. The summed E-state index contributed by atoms with van der Waals surface area (Å²) in [5, 5.41) is 2.75. The Labute approximate surface area is 155 Å². The van der Waals surface area contributed by atoms with Crippen molar-refractivity contribution < 1.29 is 27.4 Å². The van der Waals surface area contributed by atoms with Crippen LogP contribution >= 0.6 is 0 Å². The molecule has 1 atom stereocenters. The molecule has 27 heavy (non-hydrogen) atoms. The summed E-state index contributed by atoms with van der Waals surface area (Å²) >= 11 is 0. The van der Waals surface area contributed by atoms with Crippen LogP contribution in [-0.2, 0) is 11.0 Å². The molecule has 0 aliphatic rings. The van der Waals surface area contributed by atoms with Crippen LogP contribution in [-0.4, -0.2) is 20.1 Å². The molecule has 0 aliphatic heterocycles. The fraction of sp³-hybridized carbons (Fsp3) is 0.250. The number of ether oxygens (including phenoxy) is 2. The Morgan fingerprint density at radius 3 is 2.48 bits per heavy atom. The lowest BCUT2D eigenvalue weighted by atomic mass is 10.1. The Kier molecular flexibility index (Phi) is 6.50. The second kappa shape index (κ2) is 8.62. The first kappa shape index (κ1) is 20.4. The molecule has 1 amide bonds. The first-order chi connectivity index (χ1) is 12.7. The predicted octanol–water partition coefficient (Wildman–Crippen LogP) is 4.61. The van der Waals surface area contributed by atoms with Crippen LogP contribution in [0.1, 0.15) is 29.7 Å². The lowest BCUT2D eigenvalue weighted by Gasteiger charge is -2.17. The van der Waals surface area contributed by atoms with E-state index in [4.69, 9.17) is 9.47 Å². The molecule has 0 fully saturated rings. The number of carbonyl (C=O) groups is 1. The highest BCUT2D eigenvalue weighted by molar-refractivity contribution is 5.92. The number of carbonyl (C=O) groups excluding carboxylic acids is 1. The van der Waals surface area contributed by atoms with Crippen LogP contribution in [0.4, 0.5) is 13.2 Å². The Bertz CT molecular complexity index is 831. The first-order valence-electron chi connectivity index (χ1n) is 8.12. The molecule has 4 nitrogen and oxygen atoms in total. The molecule has 0 heterocycles. The number of benzene rings is 2. The molecular formula is C20H20F3NO3. The van der Waals surface area contributed by atoms with Gasteiger partial charge in [-0.15, -0.1) is 0 Å². The van der Waals surface area contributed by atoms with Crippen molar-refractivity contribution in [1.82, 2.24) is 5.32 Å². The lowest BCUT2D eigenvalue weighted by molar-refractivity contribution is -0.137. The average Bonchev–Trinajstić information content (AvgIpc) is 2.65. The fourth-order valence-electron chi connectivity index (χ4n) is 2.51. The predicted molar refractivity (Wildman–Crippen MR) is 96.6 cm³/mol. The number of halogens is 3. The van der Waals surface area contributed by atoms with Crippen LogP contribution in [0.25, 0.3) is 6.08 Å². The van der Waals surface area contributed by atoms with E-state index < -0.39 is 23.7 Å². The van der Waals surface area contributed by atoms with Gasteiger partial charge in [-0.2, -0.15) is 13.2 Å². The summed E-state index contributed by atoms with van der Waals surface area (Å²) in [7, 11) is 3.06. The Balaban J connectivity index is 2.10. The quantitative estimate of drug-likeness (QED) is 0.746. The molecule has 7 heteroatoms. The molecule has 0 unspecified atom stereocenters. The fourth-order valence-corrected chi connectivity index (χ4v) is 2.51. The molecule has 0 aromatic heterocycles. The van der Waals surface area contributed by atoms with Crippen LogP contribution in [0.15, 0.2) is 48.5 Å². The maximum Gasteiger partial charge on any atom is 0.416 e. The van der Waals surface area contributed by atoms with E-state index in [0.29, 0.717) is 11.5 Å². The van der Waals surface area contributed by atoms with Gasteiger partial charge in [-0.3, -0.25) is 4.79 Å². The van der Waals surface area contributed by atoms with Crippen molar-refractivity contribution in [2.75, 3.05) is 14.2 Å². The van der Waals surface area contributed by atoms with E-state index in [1.807, 2.05) is 0 Å². The molecule has 0 radical (unpaired) electrons. The SMILES string of the molecule is COc1ccc(OC)c([C@@H](C)NC(=O)/C=C/c2cccc(C(F)(F)F)c2)c1. The summed E-state index contributed by atoms with van der Waals surface area (Å²) in [6.45, 7) is 1.77. The molecule has 1 N–H and O–H groups in total. The van der Waals surface area contributed by atoms with Gasteiger partial charge in [0, 0.05) is 11.6 Å². The first-order valence-corrected chi connectivity index (χ1v) is 8.12. The minimum Gasteiger partial charge on any atom is -0.497 e. The maximum atomic E-state index is 12.7. The third kappa shape index (κ3) is 5.51. The van der Waals surface area contributed by atoms with Crippen molar-refractivity contribution in [2.24, 2.45) is 0 Å². The van der Waals surface area contributed by atoms with Gasteiger partial charge in [-0.25, -0.2) is 0 Å². The van der Waals surface area contributed by atoms with Crippen LogP contribution in [0.3, 0.4) is 0 Å². The van der Waals surface area contributed by atoms with Gasteiger partial charge in [0.15, 0.2) is 0 Å². The lowest BCUT2D eigenvalue weighted by Crippen LogP contribution is -2.25. The monoisotopic (exact) mass is 379 g/mol. The van der Waals surface area contributed by atoms with E-state index >= 15 is 0 Å². The van der Waals surface area contributed by atoms with Crippen molar-refractivity contribution in [3.05, 3.63) is 65.2 Å². The molecule has 2 aromatic rings. The zero-order chi connectivity index (χ0) is 20.0. The number of hydrogen-bond acceptors (Lipinski definition) is 3. The molecule has 0 saturated heterocycles. The van der Waals surface area contributed by atoms with Crippen molar-refractivity contribution in [2.45, 2.75) is 19.1 Å². The molecule has 0 bridgehead atoms. The van der Waals surface area contributed by atoms with E-state index in [1.54, 1.807) is 25.1 Å². The standard InChI is InChI=1S/C20H20F3NO3/c1-13(17-12-16(26-2)8-9-18(17)27-3)24-19(25)10-7-14-5-4-6-15(11-14)20(21,22)23/h4-13H,1-3H3,(H,24,25)/b10-7+/t13-/m1/s1. The third-order valence-electron chi connectivity index (χ3n) is 3.90. The highest BCUT2D eigenvalue weighted by atomic mass is 19.4. The van der Waals surface area contributed by atoms with Gasteiger partial charge in [0.25, 0.3) is 0 Å². The summed E-state index contributed by atoms with van der Waals surface area (Å²) < 4.78 is 48.7. The minimum atomic E-state index is -4.43. The molecule has 144 valence electrons. The summed E-state index contributed by atoms with van der Waals surface area (Å²) in [4.78, 5) is 12.1. The summed E-state index contributed by atoms with van der Waals surface area (Å²) in [6.07, 6.45) is -1.90. The summed E-state index contributed by atoms with van der Waals surface area (Å²) in [5.74, 6) is 0.765. The van der Waals surface area contributed by atoms with E-state index in [9.17, 15) is 18.0 Å². The van der Waals surface area contributed by atoms with Gasteiger partial charge < -0.3 is 14.8 Å². The Hall–Kier alpha value is -2.96. The van der Waals surface area contributed by atoms with Crippen LogP contribution < -0.4 is 14.8 Å². The topological polar surface area (TPSA) is 47.6 Å². The van der Waals surface area contributed by atoms with Crippen LogP contribution in [0, 0.1) is 0 Å². The Morgan fingerprint density at radius 2 is 1.85 bits per heavy atom. The second-order valence-electron chi connectivity index (χ2n) is 5.79. The van der Waals surface area contributed by atoms with E-state index in [-0.39, 0.29) is 5.56 Å². The van der Waals surface area contributed by atoms with Gasteiger partial charge in [0.2, 0.25) is 5.91 Å². The van der Waals surface area contributed by atoms with Crippen molar-refractivity contribution in [3.63, 3.8) is 0 Å². The number of alkyl halides is 3. The van der Waals surface area contributed by atoms with Gasteiger partial charge >= 0.3 is 6.18 Å². The molecule has 0 spiro atoms. The molecule has 2 aromatic carbocycles. The molecular weight excluding hydrogens is 359 g/mol. The van der Waals surface area contributed by atoms with Crippen molar-refractivity contribution in [1.29, 1.82) is 0 Å². The zero-order valence-corrected chi connectivity index (χ0v) is 15.1. The third-order valence-corrected chi connectivity index (χ3v) is 3.90. The maximum absolute atomic E-state index is 12.7. The van der Waals surface area contributed by atoms with Crippen LogP contribution in [0.2, 0.25) is 0 Å². The molecule has 0 saturated carbocycles. The van der Waals surface area contributed by atoms with Crippen LogP contribution in [0.5, 0.6) is 11.5 Å². The number of rotatable bonds is 6. The minimum absolute atomic E-state index is 0.284. The van der Waals surface area contributed by atoms with E-state index in [2.05, 4.69) is 5.32 Å². The highest BCUT2D eigenvalue weighted by Crippen LogP contribution is 2.30. The smallest absolute Gasteiger partial charge is 0.416 e. The number of amides is 1. The van der Waals surface area contributed by atoms with Crippen molar-refractivity contribution in [3.8, 4) is 11.5 Å². The normalized spacial score (nSPS) is 12.7. The van der Waals surface area contributed by atoms with Gasteiger partial charge in [-0.05, 0) is 48.9 Å². The summed E-state index contributed by atoms with van der Waals surface area (Å²) in [6, 6.07) is 9.58. The Morgan fingerprint density at radius 1 is 1.11 bits per heavy atom. The van der Waals surface area contributed by atoms with Crippen molar-refractivity contribution >= 4 is 12.0 Å². The molecule has 0 aliphatic carbocycles. The molecule has 2 rings (SSSR count). The van der Waals surface area contributed by atoms with Gasteiger partial charge in [0.05, 0.1) is 25.8 Å².